The van der Waals surface area contributed by atoms with E-state index in [1.165, 1.54) is 17.1 Å². The van der Waals surface area contributed by atoms with E-state index in [1.807, 2.05) is 48.5 Å². The van der Waals surface area contributed by atoms with Gasteiger partial charge >= 0.3 is 11.9 Å². The number of carbonyl (C=O) groups excluding carboxylic acids is 3. The van der Waals surface area contributed by atoms with Crippen molar-refractivity contribution in [3.05, 3.63) is 102 Å². The van der Waals surface area contributed by atoms with Gasteiger partial charge < -0.3 is 14.4 Å². The van der Waals surface area contributed by atoms with Crippen molar-refractivity contribution in [1.29, 1.82) is 0 Å². The zero-order chi connectivity index (χ0) is 28.5. The second kappa shape index (κ2) is 13.0. The molecule has 0 spiro atoms. The van der Waals surface area contributed by atoms with Gasteiger partial charge in [-0.15, -0.1) is 0 Å². The summed E-state index contributed by atoms with van der Waals surface area (Å²) in [6.07, 6.45) is 3.58. The molecule has 6 nitrogen and oxygen atoms in total. The summed E-state index contributed by atoms with van der Waals surface area (Å²) in [6, 6.07) is 18.9. The minimum atomic E-state index is -0.828. The van der Waals surface area contributed by atoms with Gasteiger partial charge in [0.1, 0.15) is 11.2 Å². The molecule has 2 aromatic carbocycles. The van der Waals surface area contributed by atoms with Gasteiger partial charge in [0.15, 0.2) is 0 Å². The highest BCUT2D eigenvalue weighted by Crippen LogP contribution is 2.26. The lowest BCUT2D eigenvalue weighted by molar-refractivity contribution is -0.153. The molecule has 1 amide bonds. The zero-order valence-corrected chi connectivity index (χ0v) is 23.5. The van der Waals surface area contributed by atoms with E-state index < -0.39 is 23.1 Å². The van der Waals surface area contributed by atoms with Gasteiger partial charge in [0.2, 0.25) is 0 Å². The van der Waals surface area contributed by atoms with E-state index in [0.29, 0.717) is 24.1 Å². The number of anilines is 1. The molecule has 0 unspecified atom stereocenters. The first-order chi connectivity index (χ1) is 17.7. The van der Waals surface area contributed by atoms with Crippen LogP contribution in [0.3, 0.4) is 0 Å². The molecule has 0 aliphatic rings. The third-order valence-corrected chi connectivity index (χ3v) is 5.27. The Kier molecular flexibility index (Phi) is 10.4. The maximum atomic E-state index is 13.4. The molecule has 0 radical (unpaired) electrons. The molecule has 0 atom stereocenters. The number of nitrogens with zero attached hydrogens (tertiary/aromatic N) is 1. The Morgan fingerprint density at radius 3 is 1.82 bits per heavy atom. The first kappa shape index (κ1) is 30.3. The van der Waals surface area contributed by atoms with Gasteiger partial charge in [0.25, 0.3) is 5.91 Å². The van der Waals surface area contributed by atoms with Crippen LogP contribution in [0.4, 0.5) is 5.69 Å². The molecule has 38 heavy (non-hydrogen) atoms. The summed E-state index contributed by atoms with van der Waals surface area (Å²) in [4.78, 5) is 41.3. The van der Waals surface area contributed by atoms with Gasteiger partial charge in [-0.1, -0.05) is 55.1 Å². The number of para-hydroxylation sites is 1. The number of hydrogen-bond acceptors (Lipinski definition) is 5. The molecule has 202 valence electrons. The SMILES string of the molecule is C=C(CCc1ccccc1)/C(C(=O)OC(C)(C)C)=C(/C=C/C(=O)N(C)c1ccccc1)C(=O)OC(C)(C)C. The molecule has 0 fully saturated rings. The molecule has 0 aliphatic heterocycles. The van der Waals surface area contributed by atoms with E-state index in [2.05, 4.69) is 6.58 Å². The minimum Gasteiger partial charge on any atom is -0.456 e. The molecular formula is C32H39NO5. The number of likely N-dealkylation sites (N-methyl/N-ethyl adjacent to an activating group) is 1. The van der Waals surface area contributed by atoms with Crippen molar-refractivity contribution in [2.45, 2.75) is 65.6 Å². The van der Waals surface area contributed by atoms with Crippen molar-refractivity contribution in [3.63, 3.8) is 0 Å². The van der Waals surface area contributed by atoms with E-state index in [9.17, 15) is 14.4 Å². The van der Waals surface area contributed by atoms with Crippen LogP contribution in [0, 0.1) is 0 Å². The highest BCUT2D eigenvalue weighted by molar-refractivity contribution is 6.08. The van der Waals surface area contributed by atoms with Crippen LogP contribution in [0.15, 0.2) is 96.1 Å². The molecule has 0 aliphatic carbocycles. The van der Waals surface area contributed by atoms with Crippen molar-refractivity contribution >= 4 is 23.5 Å². The molecule has 0 saturated heterocycles. The van der Waals surface area contributed by atoms with Gasteiger partial charge in [0, 0.05) is 18.8 Å². The van der Waals surface area contributed by atoms with Crippen molar-refractivity contribution in [2.24, 2.45) is 0 Å². The summed E-state index contributed by atoms with van der Waals surface area (Å²) in [5, 5.41) is 0. The van der Waals surface area contributed by atoms with E-state index in [1.54, 1.807) is 60.7 Å². The number of rotatable bonds is 9. The average Bonchev–Trinajstić information content (AvgIpc) is 2.83. The molecule has 0 N–H and O–H groups in total. The Morgan fingerprint density at radius 2 is 1.29 bits per heavy atom. The summed E-state index contributed by atoms with van der Waals surface area (Å²) in [5.74, 6) is -1.83. The lowest BCUT2D eigenvalue weighted by Crippen LogP contribution is -2.29. The number of ether oxygens (including phenoxy) is 2. The molecule has 6 heteroatoms. The first-order valence-corrected chi connectivity index (χ1v) is 12.6. The summed E-state index contributed by atoms with van der Waals surface area (Å²) < 4.78 is 11.3. The van der Waals surface area contributed by atoms with Crippen molar-refractivity contribution < 1.29 is 23.9 Å². The van der Waals surface area contributed by atoms with E-state index >= 15 is 0 Å². The van der Waals surface area contributed by atoms with Crippen LogP contribution in [-0.4, -0.2) is 36.1 Å². The maximum absolute atomic E-state index is 13.4. The second-order valence-corrected chi connectivity index (χ2v) is 10.9. The van der Waals surface area contributed by atoms with E-state index in [-0.39, 0.29) is 17.1 Å². The van der Waals surface area contributed by atoms with Gasteiger partial charge in [-0.05, 0) is 83.7 Å². The first-order valence-electron chi connectivity index (χ1n) is 12.6. The fraction of sp³-hybridized carbons (Fsp3) is 0.344. The predicted molar refractivity (Wildman–Crippen MR) is 152 cm³/mol. The van der Waals surface area contributed by atoms with E-state index in [4.69, 9.17) is 9.47 Å². The molecule has 0 heterocycles. The van der Waals surface area contributed by atoms with Crippen LogP contribution in [-0.2, 0) is 30.3 Å². The topological polar surface area (TPSA) is 72.9 Å². The number of hydrogen-bond donors (Lipinski definition) is 0. The van der Waals surface area contributed by atoms with Crippen LogP contribution in [0.2, 0.25) is 0 Å². The van der Waals surface area contributed by atoms with Gasteiger partial charge in [0.05, 0.1) is 11.1 Å². The molecule has 2 rings (SSSR count). The van der Waals surface area contributed by atoms with Crippen LogP contribution >= 0.6 is 0 Å². The van der Waals surface area contributed by atoms with Gasteiger partial charge in [-0.2, -0.15) is 0 Å². The fourth-order valence-electron chi connectivity index (χ4n) is 3.47. The average molecular weight is 518 g/mol. The van der Waals surface area contributed by atoms with Crippen molar-refractivity contribution in [1.82, 2.24) is 0 Å². The standard InChI is InChI=1S/C32H39NO5/c1-23(19-20-24-15-11-9-12-16-24)28(30(36)38-32(5,6)7)26(29(35)37-31(2,3)4)21-22-27(34)33(8)25-17-13-10-14-18-25/h9-18,21-22H,1,19-20H2,2-8H3/b22-21+,28-26+. The number of amides is 1. The summed E-state index contributed by atoms with van der Waals surface area (Å²) in [5.41, 5.74) is 0.436. The van der Waals surface area contributed by atoms with Gasteiger partial charge in [-0.3, -0.25) is 4.79 Å². The highest BCUT2D eigenvalue weighted by atomic mass is 16.6. The number of carbonyl (C=O) groups is 3. The largest absolute Gasteiger partial charge is 0.456 e. The number of esters is 2. The van der Waals surface area contributed by atoms with E-state index in [0.717, 1.165) is 5.56 Å². The quantitative estimate of drug-likeness (QED) is 0.219. The monoisotopic (exact) mass is 517 g/mol. The minimum absolute atomic E-state index is 0.00322. The predicted octanol–water partition coefficient (Wildman–Crippen LogP) is 6.37. The Labute approximate surface area is 226 Å². The Bertz CT molecular complexity index is 1200. The maximum Gasteiger partial charge on any atom is 0.339 e. The second-order valence-electron chi connectivity index (χ2n) is 10.9. The highest BCUT2D eigenvalue weighted by Gasteiger charge is 2.29. The Hall–Kier alpha value is -3.93. The molecule has 2 aromatic rings. The lowest BCUT2D eigenvalue weighted by atomic mass is 9.94. The molecule has 0 aromatic heterocycles. The van der Waals surface area contributed by atoms with Crippen LogP contribution in [0.1, 0.15) is 53.5 Å². The van der Waals surface area contributed by atoms with Crippen LogP contribution in [0.5, 0.6) is 0 Å². The van der Waals surface area contributed by atoms with Crippen molar-refractivity contribution in [2.75, 3.05) is 11.9 Å². The summed E-state index contributed by atoms with van der Waals surface area (Å²) in [7, 11) is 1.63. The van der Waals surface area contributed by atoms with Crippen LogP contribution in [0.25, 0.3) is 0 Å². The Balaban J connectivity index is 2.55. The van der Waals surface area contributed by atoms with Crippen molar-refractivity contribution in [3.8, 4) is 0 Å². The summed E-state index contributed by atoms with van der Waals surface area (Å²) >= 11 is 0. The normalized spacial score (nSPS) is 12.5. The number of aryl methyl sites for hydroxylation is 1. The van der Waals surface area contributed by atoms with Gasteiger partial charge in [-0.25, -0.2) is 9.59 Å². The third kappa shape index (κ3) is 9.85. The number of benzene rings is 2. The molecular weight excluding hydrogens is 478 g/mol. The van der Waals surface area contributed by atoms with Crippen LogP contribution < -0.4 is 4.90 Å². The summed E-state index contributed by atoms with van der Waals surface area (Å²) in [6.45, 7) is 14.6. The zero-order valence-electron chi connectivity index (χ0n) is 23.5. The smallest absolute Gasteiger partial charge is 0.339 e. The molecule has 0 bridgehead atoms. The Morgan fingerprint density at radius 1 is 0.789 bits per heavy atom. The lowest BCUT2D eigenvalue weighted by Gasteiger charge is -2.24. The fourth-order valence-corrected chi connectivity index (χ4v) is 3.47. The molecule has 0 saturated carbocycles. The third-order valence-electron chi connectivity index (χ3n) is 5.27.